The normalized spacial score (nSPS) is 10.8. The van der Waals surface area contributed by atoms with E-state index < -0.39 is 5.97 Å². The number of ether oxygens (including phenoxy) is 2. The van der Waals surface area contributed by atoms with Gasteiger partial charge in [0.1, 0.15) is 18.1 Å². The van der Waals surface area contributed by atoms with Crippen LogP contribution in [0.2, 0.25) is 0 Å². The van der Waals surface area contributed by atoms with Crippen LogP contribution in [0, 0.1) is 0 Å². The molecule has 3 aromatic carbocycles. The number of nitrogens with one attached hydrogen (secondary N) is 1. The van der Waals surface area contributed by atoms with E-state index in [1.165, 1.54) is 17.9 Å². The quantitative estimate of drug-likeness (QED) is 0.302. The first kappa shape index (κ1) is 22.9. The van der Waals surface area contributed by atoms with Gasteiger partial charge in [-0.2, -0.15) is 5.10 Å². The summed E-state index contributed by atoms with van der Waals surface area (Å²) in [5.74, 6) is 0.416. The maximum Gasteiger partial charge on any atom is 0.337 e. The van der Waals surface area contributed by atoms with Crippen LogP contribution in [0.25, 0.3) is 10.8 Å². The molecule has 0 spiro atoms. The highest BCUT2D eigenvalue weighted by Crippen LogP contribution is 2.20. The Morgan fingerprint density at radius 1 is 0.972 bits per heavy atom. The molecule has 1 amide bonds. The number of anilines is 1. The van der Waals surface area contributed by atoms with Crippen LogP contribution in [0.5, 0.6) is 5.75 Å². The lowest BCUT2D eigenvalue weighted by Gasteiger charge is -2.06. The summed E-state index contributed by atoms with van der Waals surface area (Å²) in [4.78, 5) is 24.2. The zero-order chi connectivity index (χ0) is 24.9. The highest BCUT2D eigenvalue weighted by Gasteiger charge is 2.14. The molecule has 2 aromatic heterocycles. The Hall–Kier alpha value is -4.85. The lowest BCUT2D eigenvalue weighted by molar-refractivity contribution is 0.0600. The lowest BCUT2D eigenvalue weighted by atomic mass is 10.0. The van der Waals surface area contributed by atoms with Crippen LogP contribution < -0.4 is 10.1 Å². The largest absolute Gasteiger partial charge is 0.486 e. The first-order chi connectivity index (χ1) is 17.6. The van der Waals surface area contributed by atoms with Gasteiger partial charge in [0.25, 0.3) is 5.91 Å². The number of carbonyl (C=O) groups excluding carboxylic acids is 2. The van der Waals surface area contributed by atoms with Gasteiger partial charge in [-0.1, -0.05) is 42.5 Å². The molecule has 180 valence electrons. The van der Waals surface area contributed by atoms with E-state index in [-0.39, 0.29) is 18.3 Å². The van der Waals surface area contributed by atoms with Crippen LogP contribution in [0.3, 0.4) is 0 Å². The standard InChI is InChI=1S/C28H23N3O5/c1-34-28(33)20-9-11-23(12-10-20)35-18-24-13-14-26(36-24)27(32)30-22-15-29-31(17-22)16-21-7-4-6-19-5-2-3-8-25(19)21/h2-15,17H,16,18H2,1H3,(H,30,32). The average molecular weight is 482 g/mol. The molecule has 2 heterocycles. The van der Waals surface area contributed by atoms with Crippen LogP contribution in [0.1, 0.15) is 32.2 Å². The van der Waals surface area contributed by atoms with Gasteiger partial charge < -0.3 is 19.2 Å². The number of hydrogen-bond acceptors (Lipinski definition) is 6. The second-order valence-electron chi connectivity index (χ2n) is 8.09. The summed E-state index contributed by atoms with van der Waals surface area (Å²) in [6.45, 7) is 0.716. The second-order valence-corrected chi connectivity index (χ2v) is 8.09. The minimum Gasteiger partial charge on any atom is -0.486 e. The van der Waals surface area contributed by atoms with Crippen molar-refractivity contribution in [1.29, 1.82) is 0 Å². The van der Waals surface area contributed by atoms with Gasteiger partial charge in [-0.25, -0.2) is 4.79 Å². The van der Waals surface area contributed by atoms with Crippen LogP contribution >= 0.6 is 0 Å². The van der Waals surface area contributed by atoms with Crippen molar-refractivity contribution in [3.8, 4) is 5.75 Å². The number of benzene rings is 3. The third-order valence-electron chi connectivity index (χ3n) is 5.65. The molecule has 0 fully saturated rings. The zero-order valence-corrected chi connectivity index (χ0v) is 19.5. The molecule has 0 aliphatic carbocycles. The third kappa shape index (κ3) is 5.12. The van der Waals surface area contributed by atoms with Crippen molar-refractivity contribution in [3.63, 3.8) is 0 Å². The smallest absolute Gasteiger partial charge is 0.337 e. The van der Waals surface area contributed by atoms with Crippen LogP contribution in [0.15, 0.2) is 95.7 Å². The Balaban J connectivity index is 1.18. The lowest BCUT2D eigenvalue weighted by Crippen LogP contribution is -2.10. The topological polar surface area (TPSA) is 95.6 Å². The molecule has 8 nitrogen and oxygen atoms in total. The summed E-state index contributed by atoms with van der Waals surface area (Å²) >= 11 is 0. The summed E-state index contributed by atoms with van der Waals surface area (Å²) in [5.41, 5.74) is 2.15. The number of methoxy groups -OCH3 is 1. The molecule has 8 heteroatoms. The first-order valence-electron chi connectivity index (χ1n) is 11.3. The Bertz CT molecular complexity index is 1510. The van der Waals surface area contributed by atoms with Gasteiger partial charge in [0.15, 0.2) is 5.76 Å². The Morgan fingerprint density at radius 2 is 1.78 bits per heavy atom. The Kier molecular flexibility index (Phi) is 6.48. The fourth-order valence-corrected chi connectivity index (χ4v) is 3.85. The molecular formula is C28H23N3O5. The molecule has 0 aliphatic rings. The number of hydrogen-bond donors (Lipinski definition) is 1. The highest BCUT2D eigenvalue weighted by atomic mass is 16.5. The predicted octanol–water partition coefficient (Wildman–Crippen LogP) is 5.30. The number of furan rings is 1. The molecule has 0 aliphatic heterocycles. The number of rotatable bonds is 8. The number of fused-ring (bicyclic) bond motifs is 1. The molecule has 5 rings (SSSR count). The number of aromatic nitrogens is 2. The molecule has 36 heavy (non-hydrogen) atoms. The molecule has 0 saturated heterocycles. The minimum atomic E-state index is -0.414. The Morgan fingerprint density at radius 3 is 2.61 bits per heavy atom. The maximum atomic E-state index is 12.6. The fourth-order valence-electron chi connectivity index (χ4n) is 3.85. The fraction of sp³-hybridized carbons (Fsp3) is 0.107. The third-order valence-corrected chi connectivity index (χ3v) is 5.65. The van der Waals surface area contributed by atoms with E-state index >= 15 is 0 Å². The molecular weight excluding hydrogens is 458 g/mol. The van der Waals surface area contributed by atoms with E-state index in [1.807, 2.05) is 18.2 Å². The number of nitrogens with zero attached hydrogens (tertiary/aromatic N) is 2. The summed E-state index contributed by atoms with van der Waals surface area (Å²) in [5, 5.41) is 9.53. The molecule has 0 atom stereocenters. The Labute approximate surface area is 207 Å². The van der Waals surface area contributed by atoms with Gasteiger partial charge in [0.05, 0.1) is 31.1 Å². The van der Waals surface area contributed by atoms with Crippen LogP contribution in [0.4, 0.5) is 5.69 Å². The summed E-state index contributed by atoms with van der Waals surface area (Å²) in [6, 6.07) is 24.2. The molecule has 1 N–H and O–H groups in total. The van der Waals surface area contributed by atoms with Gasteiger partial charge >= 0.3 is 5.97 Å². The van der Waals surface area contributed by atoms with Crippen molar-refractivity contribution in [2.45, 2.75) is 13.2 Å². The molecule has 0 radical (unpaired) electrons. The summed E-state index contributed by atoms with van der Waals surface area (Å²) in [6.07, 6.45) is 3.39. The van der Waals surface area contributed by atoms with E-state index in [4.69, 9.17) is 9.15 Å². The highest BCUT2D eigenvalue weighted by molar-refractivity contribution is 6.02. The number of amides is 1. The summed E-state index contributed by atoms with van der Waals surface area (Å²) in [7, 11) is 1.33. The van der Waals surface area contributed by atoms with Crippen molar-refractivity contribution < 1.29 is 23.5 Å². The van der Waals surface area contributed by atoms with Crippen LogP contribution in [-0.4, -0.2) is 28.8 Å². The van der Waals surface area contributed by atoms with Gasteiger partial charge in [0, 0.05) is 6.20 Å². The van der Waals surface area contributed by atoms with Crippen LogP contribution in [-0.2, 0) is 17.9 Å². The van der Waals surface area contributed by atoms with E-state index in [0.717, 1.165) is 5.56 Å². The molecule has 0 bridgehead atoms. The average Bonchev–Trinajstić information content (AvgIpc) is 3.57. The minimum absolute atomic E-state index is 0.133. The van der Waals surface area contributed by atoms with E-state index in [1.54, 1.807) is 53.5 Å². The second kappa shape index (κ2) is 10.2. The van der Waals surface area contributed by atoms with Gasteiger partial charge in [-0.05, 0) is 52.7 Å². The predicted molar refractivity (Wildman–Crippen MR) is 134 cm³/mol. The van der Waals surface area contributed by atoms with Crippen molar-refractivity contribution >= 4 is 28.3 Å². The maximum absolute atomic E-state index is 12.6. The van der Waals surface area contributed by atoms with Gasteiger partial charge in [0.2, 0.25) is 0 Å². The SMILES string of the molecule is COC(=O)c1ccc(OCc2ccc(C(=O)Nc3cnn(Cc4cccc5ccccc45)c3)o2)cc1. The molecule has 5 aromatic rings. The van der Waals surface area contributed by atoms with Crippen molar-refractivity contribution in [2.24, 2.45) is 0 Å². The van der Waals surface area contributed by atoms with E-state index in [2.05, 4.69) is 39.4 Å². The van der Waals surface area contributed by atoms with E-state index in [0.29, 0.717) is 29.3 Å². The van der Waals surface area contributed by atoms with Crippen molar-refractivity contribution in [1.82, 2.24) is 9.78 Å². The summed E-state index contributed by atoms with van der Waals surface area (Å²) < 4.78 is 17.8. The van der Waals surface area contributed by atoms with E-state index in [9.17, 15) is 9.59 Å². The number of esters is 1. The monoisotopic (exact) mass is 481 g/mol. The number of carbonyl (C=O) groups is 2. The van der Waals surface area contributed by atoms with Crippen molar-refractivity contribution in [3.05, 3.63) is 114 Å². The zero-order valence-electron chi connectivity index (χ0n) is 19.5. The molecule has 0 unspecified atom stereocenters. The van der Waals surface area contributed by atoms with Crippen molar-refractivity contribution in [2.75, 3.05) is 12.4 Å². The van der Waals surface area contributed by atoms with Gasteiger partial charge in [-0.3, -0.25) is 9.48 Å². The first-order valence-corrected chi connectivity index (χ1v) is 11.3. The molecule has 0 saturated carbocycles. The van der Waals surface area contributed by atoms with Gasteiger partial charge in [-0.15, -0.1) is 0 Å².